The highest BCUT2D eigenvalue weighted by atomic mass is 35.5. The molecule has 5 nitrogen and oxygen atoms in total. The van der Waals surface area contributed by atoms with Gasteiger partial charge in [0.2, 0.25) is 0 Å². The molecule has 2 aromatic rings. The van der Waals surface area contributed by atoms with Crippen molar-refractivity contribution in [3.63, 3.8) is 0 Å². The van der Waals surface area contributed by atoms with Gasteiger partial charge in [-0.2, -0.15) is 0 Å². The Morgan fingerprint density at radius 3 is 2.87 bits per heavy atom. The zero-order valence-corrected chi connectivity index (χ0v) is 8.10. The van der Waals surface area contributed by atoms with Crippen LogP contribution in [0.4, 0.5) is 0 Å². The summed E-state index contributed by atoms with van der Waals surface area (Å²) in [6.45, 7) is 0. The molecule has 0 aliphatic rings. The normalized spacial score (nSPS) is 10.5. The van der Waals surface area contributed by atoms with Gasteiger partial charge in [-0.15, -0.1) is 0 Å². The van der Waals surface area contributed by atoms with Crippen LogP contribution in [0.5, 0.6) is 0 Å². The van der Waals surface area contributed by atoms with Gasteiger partial charge < -0.3 is 5.11 Å². The fraction of sp³-hybridized carbons (Fsp3) is 0. The second-order valence-corrected chi connectivity index (χ2v) is 3.30. The Morgan fingerprint density at radius 1 is 1.47 bits per heavy atom. The van der Waals surface area contributed by atoms with Crippen LogP contribution in [-0.4, -0.2) is 20.5 Å². The Hall–Kier alpha value is -1.88. The van der Waals surface area contributed by atoms with E-state index in [0.717, 1.165) is 6.07 Å². The molecule has 0 fully saturated rings. The van der Waals surface area contributed by atoms with Gasteiger partial charge in [0.15, 0.2) is 5.69 Å². The predicted molar refractivity (Wildman–Crippen MR) is 53.4 cm³/mol. The third-order valence-corrected chi connectivity index (χ3v) is 2.07. The number of halogens is 1. The van der Waals surface area contributed by atoms with E-state index in [1.807, 2.05) is 0 Å². The van der Waals surface area contributed by atoms with E-state index < -0.39 is 11.5 Å². The van der Waals surface area contributed by atoms with E-state index in [2.05, 4.69) is 4.98 Å². The fourth-order valence-electron chi connectivity index (χ4n) is 1.19. The van der Waals surface area contributed by atoms with Gasteiger partial charge in [0.25, 0.3) is 5.56 Å². The van der Waals surface area contributed by atoms with Gasteiger partial charge in [-0.3, -0.25) is 9.20 Å². The maximum Gasteiger partial charge on any atom is 0.354 e. The third kappa shape index (κ3) is 1.69. The van der Waals surface area contributed by atoms with Crippen LogP contribution in [0.15, 0.2) is 29.2 Å². The van der Waals surface area contributed by atoms with Gasteiger partial charge in [-0.1, -0.05) is 11.6 Å². The number of carboxylic acid groups (broad SMARTS) is 1. The minimum absolute atomic E-state index is 0.254. The second kappa shape index (κ2) is 3.36. The van der Waals surface area contributed by atoms with Crippen molar-refractivity contribution in [2.45, 2.75) is 0 Å². The molecule has 2 heterocycles. The first kappa shape index (κ1) is 9.67. The van der Waals surface area contributed by atoms with E-state index in [1.54, 1.807) is 0 Å². The van der Waals surface area contributed by atoms with E-state index in [4.69, 9.17) is 16.7 Å². The molecule has 15 heavy (non-hydrogen) atoms. The van der Waals surface area contributed by atoms with E-state index in [0.29, 0.717) is 5.02 Å². The number of pyridine rings is 1. The van der Waals surface area contributed by atoms with Crippen LogP contribution >= 0.6 is 11.6 Å². The van der Waals surface area contributed by atoms with Gasteiger partial charge in [0.1, 0.15) is 5.65 Å². The molecule has 2 rings (SSSR count). The SMILES string of the molecule is O=C(O)c1cc(=O)n2cc(Cl)ccc2n1. The van der Waals surface area contributed by atoms with Gasteiger partial charge in [0, 0.05) is 12.3 Å². The molecule has 0 saturated carbocycles. The number of rotatable bonds is 1. The number of hydrogen-bond donors (Lipinski definition) is 1. The highest BCUT2D eigenvalue weighted by Gasteiger charge is 2.08. The molecule has 0 unspecified atom stereocenters. The molecule has 2 aromatic heterocycles. The summed E-state index contributed by atoms with van der Waals surface area (Å²) >= 11 is 5.69. The number of carbonyl (C=O) groups is 1. The van der Waals surface area contributed by atoms with Crippen molar-refractivity contribution < 1.29 is 9.90 Å². The van der Waals surface area contributed by atoms with Crippen LogP contribution in [0.1, 0.15) is 10.5 Å². The molecule has 0 saturated heterocycles. The lowest BCUT2D eigenvalue weighted by Gasteiger charge is -2.00. The summed E-state index contributed by atoms with van der Waals surface area (Å²) in [4.78, 5) is 25.9. The molecule has 0 radical (unpaired) electrons. The van der Waals surface area contributed by atoms with Crippen molar-refractivity contribution >= 4 is 23.2 Å². The highest BCUT2D eigenvalue weighted by Crippen LogP contribution is 2.08. The maximum atomic E-state index is 11.5. The lowest BCUT2D eigenvalue weighted by Crippen LogP contribution is -2.17. The molecule has 0 aliphatic heterocycles. The standard InChI is InChI=1S/C9H5ClN2O3/c10-5-1-2-7-11-6(9(14)15)3-8(13)12(7)4-5/h1-4H,(H,14,15). The van der Waals surface area contributed by atoms with Crippen LogP contribution in [-0.2, 0) is 0 Å². The van der Waals surface area contributed by atoms with Crippen molar-refractivity contribution in [2.75, 3.05) is 0 Å². The first-order chi connectivity index (χ1) is 7.08. The lowest BCUT2D eigenvalue weighted by atomic mass is 10.4. The molecule has 76 valence electrons. The second-order valence-electron chi connectivity index (χ2n) is 2.86. The highest BCUT2D eigenvalue weighted by molar-refractivity contribution is 6.30. The quantitative estimate of drug-likeness (QED) is 0.786. The largest absolute Gasteiger partial charge is 0.477 e. The minimum Gasteiger partial charge on any atom is -0.477 e. The number of fused-ring (bicyclic) bond motifs is 1. The molecular weight excluding hydrogens is 220 g/mol. The summed E-state index contributed by atoms with van der Waals surface area (Å²) in [5.74, 6) is -1.23. The summed E-state index contributed by atoms with van der Waals surface area (Å²) in [6, 6.07) is 3.97. The molecule has 1 N–H and O–H groups in total. The molecule has 0 amide bonds. The van der Waals surface area contributed by atoms with Crippen molar-refractivity contribution in [3.05, 3.63) is 45.5 Å². The van der Waals surface area contributed by atoms with Gasteiger partial charge in [-0.25, -0.2) is 9.78 Å². The molecule has 0 bridgehead atoms. The van der Waals surface area contributed by atoms with Crippen LogP contribution in [0.2, 0.25) is 5.02 Å². The number of nitrogens with zero attached hydrogens (tertiary/aromatic N) is 2. The fourth-order valence-corrected chi connectivity index (χ4v) is 1.35. The molecular formula is C9H5ClN2O3. The molecule has 0 aliphatic carbocycles. The molecule has 6 heteroatoms. The Morgan fingerprint density at radius 2 is 2.20 bits per heavy atom. The van der Waals surface area contributed by atoms with E-state index in [-0.39, 0.29) is 11.3 Å². The zero-order chi connectivity index (χ0) is 11.0. The van der Waals surface area contributed by atoms with Crippen molar-refractivity contribution in [2.24, 2.45) is 0 Å². The Balaban J connectivity index is 2.84. The number of aromatic nitrogens is 2. The number of carboxylic acids is 1. The minimum atomic E-state index is -1.23. The number of hydrogen-bond acceptors (Lipinski definition) is 3. The zero-order valence-electron chi connectivity index (χ0n) is 7.35. The Labute approximate surface area is 88.6 Å². The average Bonchev–Trinajstić information content (AvgIpc) is 2.18. The summed E-state index contributed by atoms with van der Waals surface area (Å²) in [5.41, 5.74) is -0.494. The van der Waals surface area contributed by atoms with Crippen molar-refractivity contribution in [1.82, 2.24) is 9.38 Å². The molecule has 0 aromatic carbocycles. The Bertz CT molecular complexity index is 606. The average molecular weight is 225 g/mol. The summed E-state index contributed by atoms with van der Waals surface area (Å²) in [7, 11) is 0. The van der Waals surface area contributed by atoms with E-state index in [9.17, 15) is 9.59 Å². The van der Waals surface area contributed by atoms with Crippen molar-refractivity contribution in [1.29, 1.82) is 0 Å². The smallest absolute Gasteiger partial charge is 0.354 e. The molecule has 0 spiro atoms. The summed E-state index contributed by atoms with van der Waals surface area (Å²) in [5, 5.41) is 9.07. The summed E-state index contributed by atoms with van der Waals surface area (Å²) in [6.07, 6.45) is 1.39. The van der Waals surface area contributed by atoms with Crippen molar-refractivity contribution in [3.8, 4) is 0 Å². The van der Waals surface area contributed by atoms with Crippen LogP contribution in [0, 0.1) is 0 Å². The Kier molecular flexibility index (Phi) is 2.17. The first-order valence-corrected chi connectivity index (χ1v) is 4.38. The summed E-state index contributed by atoms with van der Waals surface area (Å²) < 4.78 is 1.19. The van der Waals surface area contributed by atoms with Crippen LogP contribution in [0.3, 0.4) is 0 Å². The maximum absolute atomic E-state index is 11.5. The third-order valence-electron chi connectivity index (χ3n) is 1.84. The lowest BCUT2D eigenvalue weighted by molar-refractivity contribution is 0.0690. The monoisotopic (exact) mass is 224 g/mol. The van der Waals surface area contributed by atoms with Gasteiger partial charge in [-0.05, 0) is 12.1 Å². The predicted octanol–water partition coefficient (Wildman–Crippen LogP) is 1.05. The van der Waals surface area contributed by atoms with E-state index in [1.165, 1.54) is 22.7 Å². The topological polar surface area (TPSA) is 71.7 Å². The van der Waals surface area contributed by atoms with E-state index >= 15 is 0 Å². The first-order valence-electron chi connectivity index (χ1n) is 4.00. The van der Waals surface area contributed by atoms with Crippen LogP contribution < -0.4 is 5.56 Å². The van der Waals surface area contributed by atoms with Crippen LogP contribution in [0.25, 0.3) is 5.65 Å². The van der Waals surface area contributed by atoms with Gasteiger partial charge in [0.05, 0.1) is 5.02 Å². The molecule has 0 atom stereocenters. The number of aromatic carboxylic acids is 1. The van der Waals surface area contributed by atoms with Gasteiger partial charge >= 0.3 is 5.97 Å².